The van der Waals surface area contributed by atoms with Gasteiger partial charge in [-0.2, -0.15) is 0 Å². The van der Waals surface area contributed by atoms with Gasteiger partial charge < -0.3 is 26.0 Å². The molecule has 1 saturated heterocycles. The molecule has 146 valence electrons. The zero-order chi connectivity index (χ0) is 20.1. The molecule has 11 heteroatoms. The molecule has 0 saturated carbocycles. The van der Waals surface area contributed by atoms with Gasteiger partial charge in [-0.3, -0.25) is 4.79 Å². The predicted molar refractivity (Wildman–Crippen MR) is 109 cm³/mol. The maximum atomic E-state index is 11.5. The van der Waals surface area contributed by atoms with Crippen molar-refractivity contribution in [3.63, 3.8) is 0 Å². The number of nitrogens with zero attached hydrogens (tertiary/aromatic N) is 5. The Hall–Kier alpha value is -2.43. The molecule has 2 aromatic heterocycles. The Morgan fingerprint density at radius 2 is 2.14 bits per heavy atom. The highest BCUT2D eigenvalue weighted by Crippen LogP contribution is 2.39. The monoisotopic (exact) mass is 465 g/mol. The number of carboxylic acids is 1. The second-order valence-electron chi connectivity index (χ2n) is 6.79. The number of aliphatic carboxylic acids is 1. The second kappa shape index (κ2) is 6.87. The molecular formula is C17H17BrClN7O2. The lowest BCUT2D eigenvalue weighted by Gasteiger charge is -2.26. The van der Waals surface area contributed by atoms with Gasteiger partial charge in [-0.25, -0.2) is 15.0 Å². The third kappa shape index (κ3) is 3.07. The lowest BCUT2D eigenvalue weighted by molar-refractivity contribution is -0.142. The van der Waals surface area contributed by atoms with Crippen molar-refractivity contribution in [1.29, 1.82) is 0 Å². The van der Waals surface area contributed by atoms with Crippen LogP contribution in [0.5, 0.6) is 0 Å². The summed E-state index contributed by atoms with van der Waals surface area (Å²) in [5.74, 6) is -0.710. The first-order valence-electron chi connectivity index (χ1n) is 8.45. The van der Waals surface area contributed by atoms with Gasteiger partial charge in [0.25, 0.3) is 0 Å². The van der Waals surface area contributed by atoms with Crippen LogP contribution in [0.15, 0.2) is 29.3 Å². The van der Waals surface area contributed by atoms with Crippen LogP contribution in [0.1, 0.15) is 12.0 Å². The number of aromatic nitrogens is 4. The van der Waals surface area contributed by atoms with E-state index in [2.05, 4.69) is 30.9 Å². The van der Waals surface area contributed by atoms with Crippen LogP contribution in [-0.4, -0.2) is 49.2 Å². The van der Waals surface area contributed by atoms with Crippen LogP contribution in [0.25, 0.3) is 11.2 Å². The summed E-state index contributed by atoms with van der Waals surface area (Å²) in [4.78, 5) is 26.0. The van der Waals surface area contributed by atoms with Crippen LogP contribution in [-0.2, 0) is 11.3 Å². The first-order valence-corrected chi connectivity index (χ1v) is 9.62. The zero-order valence-corrected chi connectivity index (χ0v) is 17.0. The summed E-state index contributed by atoms with van der Waals surface area (Å²) in [6.07, 6.45) is 3.36. The third-order valence-electron chi connectivity index (χ3n) is 4.98. The van der Waals surface area contributed by atoms with Crippen molar-refractivity contribution >= 4 is 56.2 Å². The molecule has 0 radical (unpaired) electrons. The van der Waals surface area contributed by atoms with E-state index in [4.69, 9.17) is 23.1 Å². The lowest BCUT2D eigenvalue weighted by atomic mass is 10.0. The van der Waals surface area contributed by atoms with Crippen molar-refractivity contribution < 1.29 is 9.90 Å². The highest BCUT2D eigenvalue weighted by atomic mass is 79.9. The fraction of sp³-hybridized carbons (Fsp3) is 0.294. The summed E-state index contributed by atoms with van der Waals surface area (Å²) in [6.45, 7) is 1.07. The number of anilines is 2. The van der Waals surface area contributed by atoms with Crippen LogP contribution < -0.4 is 16.4 Å². The van der Waals surface area contributed by atoms with Crippen LogP contribution in [0, 0.1) is 0 Å². The van der Waals surface area contributed by atoms with Gasteiger partial charge in [-0.1, -0.05) is 27.5 Å². The van der Waals surface area contributed by atoms with Gasteiger partial charge in [-0.15, -0.1) is 0 Å². The summed E-state index contributed by atoms with van der Waals surface area (Å²) >= 11 is 10.1. The van der Waals surface area contributed by atoms with Crippen molar-refractivity contribution in [2.45, 2.75) is 18.5 Å². The Kier molecular flexibility index (Phi) is 4.64. The molecule has 9 nitrogen and oxygen atoms in total. The minimum Gasteiger partial charge on any atom is -0.480 e. The molecule has 1 aliphatic heterocycles. The quantitative estimate of drug-likeness (QED) is 0.530. The number of carbonyl (C=O) groups is 1. The lowest BCUT2D eigenvalue weighted by Crippen LogP contribution is -2.50. The third-order valence-corrected chi connectivity index (χ3v) is 6.03. The van der Waals surface area contributed by atoms with E-state index >= 15 is 0 Å². The number of nitrogens with two attached hydrogens (primary N) is 2. The number of halogens is 2. The standard InChI is InChI=1S/C17H17BrClN7O2/c18-10-1-2-11(19)13(25-4-3-17(21,6-25)16(27)28)9(10)5-26-8-24-12-14(20)22-7-23-15(12)26/h1-2,7-8H,3-6,21H2,(H,27,28)(H2,20,22,23)/t17-/m0/s1. The Morgan fingerprint density at radius 1 is 1.36 bits per heavy atom. The Balaban J connectivity index is 1.77. The summed E-state index contributed by atoms with van der Waals surface area (Å²) < 4.78 is 2.68. The molecule has 0 unspecified atom stereocenters. The van der Waals surface area contributed by atoms with E-state index in [1.54, 1.807) is 12.4 Å². The maximum Gasteiger partial charge on any atom is 0.325 e. The topological polar surface area (TPSA) is 136 Å². The van der Waals surface area contributed by atoms with Gasteiger partial charge in [0, 0.05) is 23.1 Å². The minimum atomic E-state index is -1.30. The Morgan fingerprint density at radius 3 is 2.86 bits per heavy atom. The number of nitrogen functional groups attached to an aromatic ring is 1. The number of carboxylic acid groups (broad SMARTS) is 1. The largest absolute Gasteiger partial charge is 0.480 e. The summed E-state index contributed by atoms with van der Waals surface area (Å²) in [7, 11) is 0. The van der Waals surface area contributed by atoms with E-state index in [1.165, 1.54) is 6.33 Å². The zero-order valence-electron chi connectivity index (χ0n) is 14.6. The van der Waals surface area contributed by atoms with Crippen molar-refractivity contribution in [2.75, 3.05) is 23.7 Å². The average Bonchev–Trinajstić information content (AvgIpc) is 3.24. The van der Waals surface area contributed by atoms with Crippen molar-refractivity contribution in [2.24, 2.45) is 5.73 Å². The van der Waals surface area contributed by atoms with Crippen LogP contribution >= 0.6 is 27.5 Å². The molecule has 28 heavy (non-hydrogen) atoms. The molecule has 1 fully saturated rings. The molecule has 0 bridgehead atoms. The van der Waals surface area contributed by atoms with E-state index < -0.39 is 11.5 Å². The number of benzene rings is 1. The Bertz CT molecular complexity index is 1090. The first kappa shape index (κ1) is 18.9. The predicted octanol–water partition coefficient (Wildman–Crippen LogP) is 1.86. The highest BCUT2D eigenvalue weighted by molar-refractivity contribution is 9.10. The van der Waals surface area contributed by atoms with E-state index in [9.17, 15) is 9.90 Å². The molecule has 0 amide bonds. The molecule has 1 atom stereocenters. The van der Waals surface area contributed by atoms with Crippen LogP contribution in [0.2, 0.25) is 5.02 Å². The van der Waals surface area contributed by atoms with Crippen LogP contribution in [0.4, 0.5) is 11.5 Å². The van der Waals surface area contributed by atoms with Gasteiger partial charge in [0.15, 0.2) is 11.5 Å². The summed E-state index contributed by atoms with van der Waals surface area (Å²) in [5.41, 5.74) is 13.4. The van der Waals surface area contributed by atoms with Crippen molar-refractivity contribution in [3.05, 3.63) is 39.8 Å². The molecule has 1 aromatic carbocycles. The number of hydrogen-bond donors (Lipinski definition) is 3. The van der Waals surface area contributed by atoms with Crippen molar-refractivity contribution in [1.82, 2.24) is 19.5 Å². The number of rotatable bonds is 4. The molecule has 0 spiro atoms. The summed E-state index contributed by atoms with van der Waals surface area (Å²) in [5, 5.41) is 9.97. The molecule has 5 N–H and O–H groups in total. The SMILES string of the molecule is Nc1ncnc2c1ncn2Cc1c(Br)ccc(Cl)c1N1CC[C@@](N)(C(=O)O)C1. The molecular weight excluding hydrogens is 450 g/mol. The fourth-order valence-electron chi connectivity index (χ4n) is 3.46. The number of hydrogen-bond acceptors (Lipinski definition) is 7. The van der Waals surface area contributed by atoms with Gasteiger partial charge >= 0.3 is 5.97 Å². The normalized spacial score (nSPS) is 19.5. The van der Waals surface area contributed by atoms with E-state index in [-0.39, 0.29) is 6.54 Å². The fourth-order valence-corrected chi connectivity index (χ4v) is 4.20. The first-order chi connectivity index (χ1) is 13.3. The molecule has 3 heterocycles. The molecule has 3 aromatic rings. The van der Waals surface area contributed by atoms with Gasteiger partial charge in [0.2, 0.25) is 0 Å². The second-order valence-corrected chi connectivity index (χ2v) is 8.05. The van der Waals surface area contributed by atoms with E-state index in [0.717, 1.165) is 15.7 Å². The molecule has 4 rings (SSSR count). The van der Waals surface area contributed by atoms with Crippen LogP contribution in [0.3, 0.4) is 0 Å². The Labute approximate surface area is 173 Å². The number of fused-ring (bicyclic) bond motifs is 1. The molecule has 1 aliphatic rings. The maximum absolute atomic E-state index is 11.5. The average molecular weight is 467 g/mol. The summed E-state index contributed by atoms with van der Waals surface area (Å²) in [6, 6.07) is 3.63. The van der Waals surface area contributed by atoms with Crippen molar-refractivity contribution in [3.8, 4) is 0 Å². The van der Waals surface area contributed by atoms with Gasteiger partial charge in [0.05, 0.1) is 23.6 Å². The van der Waals surface area contributed by atoms with E-state index in [1.807, 2.05) is 15.5 Å². The van der Waals surface area contributed by atoms with Gasteiger partial charge in [-0.05, 0) is 18.6 Å². The molecule has 0 aliphatic carbocycles. The minimum absolute atomic E-state index is 0.172. The highest BCUT2D eigenvalue weighted by Gasteiger charge is 2.42. The smallest absolute Gasteiger partial charge is 0.325 e. The van der Waals surface area contributed by atoms with E-state index in [0.29, 0.717) is 41.5 Å². The van der Waals surface area contributed by atoms with Gasteiger partial charge in [0.1, 0.15) is 17.4 Å². The number of imidazole rings is 1.